The number of carboxylic acids is 2. The number of carbonyl (C=O) groups is 4. The number of esters is 2. The van der Waals surface area contributed by atoms with Crippen molar-refractivity contribution in [3.8, 4) is 0 Å². The number of fused-ring (bicyclic) bond motifs is 2. The molecule has 6 rings (SSSR count). The molecule has 0 amide bonds. The van der Waals surface area contributed by atoms with Crippen LogP contribution in [0.25, 0.3) is 21.8 Å². The van der Waals surface area contributed by atoms with E-state index >= 15 is 0 Å². The smallest absolute Gasteiger partial charge is 0.341 e. The number of benzene rings is 2. The Balaban J connectivity index is 0.000000198. The highest BCUT2D eigenvalue weighted by molar-refractivity contribution is 6.38. The second-order valence-electron chi connectivity index (χ2n) is 11.1. The molecular weight excluding hydrogens is 704 g/mol. The van der Waals surface area contributed by atoms with Gasteiger partial charge in [0.1, 0.15) is 28.3 Å². The highest BCUT2D eigenvalue weighted by Gasteiger charge is 2.20. The van der Waals surface area contributed by atoms with Gasteiger partial charge < -0.3 is 30.7 Å². The van der Waals surface area contributed by atoms with E-state index in [4.69, 9.17) is 31.9 Å². The van der Waals surface area contributed by atoms with Crippen LogP contribution in [0.3, 0.4) is 0 Å². The summed E-state index contributed by atoms with van der Waals surface area (Å²) in [4.78, 5) is 62.0. The average molecular weight is 739 g/mol. The molecule has 53 heavy (non-hydrogen) atoms. The second-order valence-corrected chi connectivity index (χ2v) is 11.5. The maximum absolute atomic E-state index is 12.4. The van der Waals surface area contributed by atoms with Gasteiger partial charge in [-0.1, -0.05) is 34.9 Å². The van der Waals surface area contributed by atoms with Crippen LogP contribution in [0, 0.1) is 13.8 Å². The Hall–Kier alpha value is -6.67. The molecule has 0 aliphatic carbocycles. The number of nitrogen functional groups attached to an aromatic ring is 1. The van der Waals surface area contributed by atoms with Crippen LogP contribution in [0.5, 0.6) is 0 Å². The summed E-state index contributed by atoms with van der Waals surface area (Å²) < 4.78 is 10.0. The fraction of sp³-hybridized carbons (Fsp3) is 0.158. The van der Waals surface area contributed by atoms with Crippen molar-refractivity contribution in [1.82, 2.24) is 19.9 Å². The quantitative estimate of drug-likeness (QED) is 0.113. The maximum atomic E-state index is 12.4. The molecule has 272 valence electrons. The van der Waals surface area contributed by atoms with E-state index in [1.54, 1.807) is 13.8 Å². The molecule has 0 bridgehead atoms. The molecule has 0 saturated carbocycles. The Bertz CT molecular complexity index is 2320. The number of nitrogens with two attached hydrogens (primary N) is 1. The van der Waals surface area contributed by atoms with Gasteiger partial charge in [0, 0.05) is 35.6 Å². The molecule has 4 aromatic heterocycles. The van der Waals surface area contributed by atoms with Gasteiger partial charge in [-0.05, 0) is 76.2 Å². The van der Waals surface area contributed by atoms with Gasteiger partial charge >= 0.3 is 23.9 Å². The van der Waals surface area contributed by atoms with Crippen LogP contribution in [-0.4, -0.2) is 67.2 Å². The lowest BCUT2D eigenvalue weighted by atomic mass is 10.1. The summed E-state index contributed by atoms with van der Waals surface area (Å²) in [5, 5.41) is 22.7. The first-order valence-corrected chi connectivity index (χ1v) is 16.4. The first-order chi connectivity index (χ1) is 25.4. The van der Waals surface area contributed by atoms with E-state index in [0.29, 0.717) is 33.8 Å². The molecule has 0 aliphatic rings. The minimum Gasteiger partial charge on any atom is -0.478 e. The number of carbonyl (C=O) groups excluding carboxylic acids is 2. The van der Waals surface area contributed by atoms with Gasteiger partial charge in [-0.25, -0.2) is 29.1 Å². The highest BCUT2D eigenvalue weighted by Crippen LogP contribution is 2.31. The predicted molar refractivity (Wildman–Crippen MR) is 200 cm³/mol. The molecule has 4 heterocycles. The molecule has 0 saturated heterocycles. The van der Waals surface area contributed by atoms with E-state index in [9.17, 15) is 24.3 Å². The number of aromatic nitrogens is 4. The summed E-state index contributed by atoms with van der Waals surface area (Å²) in [6.45, 7) is 7.89. The summed E-state index contributed by atoms with van der Waals surface area (Å²) in [5.74, 6) is -2.96. The number of aromatic carboxylic acids is 2. The summed E-state index contributed by atoms with van der Waals surface area (Å²) >= 11 is 6.20. The van der Waals surface area contributed by atoms with Crippen molar-refractivity contribution in [2.45, 2.75) is 27.7 Å². The molecular formula is C38H35ClN6O8. The van der Waals surface area contributed by atoms with E-state index in [1.165, 1.54) is 49.1 Å². The van der Waals surface area contributed by atoms with Crippen LogP contribution < -0.4 is 11.1 Å². The molecule has 15 heteroatoms. The Labute approximate surface area is 308 Å². The van der Waals surface area contributed by atoms with Gasteiger partial charge in [-0.2, -0.15) is 0 Å². The third kappa shape index (κ3) is 9.77. The van der Waals surface area contributed by atoms with E-state index in [0.717, 1.165) is 22.0 Å². The minimum absolute atomic E-state index is 0.0000702. The number of hydrogen-bond acceptors (Lipinski definition) is 12. The summed E-state index contributed by atoms with van der Waals surface area (Å²) in [7, 11) is 0. The number of nitrogens with zero attached hydrogens (tertiary/aromatic N) is 4. The van der Waals surface area contributed by atoms with Gasteiger partial charge in [0.2, 0.25) is 0 Å². The van der Waals surface area contributed by atoms with Crippen LogP contribution >= 0.6 is 11.6 Å². The van der Waals surface area contributed by atoms with Crippen LogP contribution in [-0.2, 0) is 9.47 Å². The van der Waals surface area contributed by atoms with Crippen molar-refractivity contribution in [1.29, 1.82) is 0 Å². The number of carboxylic acid groups (broad SMARTS) is 2. The SMILES string of the molecule is CCOC(=O)c1cnc2ccc(C)cc2c1Cl.CCOC(=O)c1cnc2ccc(C)cc2c1Nc1ncccc1C(=O)O.Nc1ncccc1C(=O)O. The molecule has 14 nitrogen and oxygen atoms in total. The molecule has 5 N–H and O–H groups in total. The molecule has 0 fully saturated rings. The lowest BCUT2D eigenvalue weighted by molar-refractivity contribution is 0.0517. The number of rotatable bonds is 8. The minimum atomic E-state index is -1.12. The number of halogens is 1. The first kappa shape index (κ1) is 39.1. The Kier molecular flexibility index (Phi) is 13.3. The van der Waals surface area contributed by atoms with Gasteiger partial charge in [0.05, 0.1) is 40.5 Å². The maximum Gasteiger partial charge on any atom is 0.341 e. The van der Waals surface area contributed by atoms with Crippen molar-refractivity contribution < 1.29 is 38.9 Å². The third-order valence-electron chi connectivity index (χ3n) is 7.32. The van der Waals surface area contributed by atoms with E-state index in [2.05, 4.69) is 25.3 Å². The van der Waals surface area contributed by atoms with Gasteiger partial charge in [0.15, 0.2) is 0 Å². The van der Waals surface area contributed by atoms with Crippen molar-refractivity contribution in [2.24, 2.45) is 0 Å². The zero-order chi connectivity index (χ0) is 38.7. The largest absolute Gasteiger partial charge is 0.478 e. The fourth-order valence-electron chi connectivity index (χ4n) is 4.82. The molecule has 6 aromatic rings. The lowest BCUT2D eigenvalue weighted by Crippen LogP contribution is -2.11. The molecule has 0 unspecified atom stereocenters. The Morgan fingerprint density at radius 3 is 1.75 bits per heavy atom. The Morgan fingerprint density at radius 2 is 1.21 bits per heavy atom. The van der Waals surface area contributed by atoms with Crippen molar-refractivity contribution in [2.75, 3.05) is 24.3 Å². The van der Waals surface area contributed by atoms with E-state index in [-0.39, 0.29) is 34.9 Å². The fourth-order valence-corrected chi connectivity index (χ4v) is 5.10. The number of anilines is 3. The number of ether oxygens (including phenoxy) is 2. The van der Waals surface area contributed by atoms with Crippen molar-refractivity contribution in [3.05, 3.63) is 124 Å². The van der Waals surface area contributed by atoms with Crippen molar-refractivity contribution in [3.63, 3.8) is 0 Å². The summed E-state index contributed by atoms with van der Waals surface area (Å²) in [6.07, 6.45) is 5.80. The van der Waals surface area contributed by atoms with Gasteiger partial charge in [-0.3, -0.25) is 9.97 Å². The topological polar surface area (TPSA) is 217 Å². The van der Waals surface area contributed by atoms with Gasteiger partial charge in [0.25, 0.3) is 0 Å². The summed E-state index contributed by atoms with van der Waals surface area (Å²) in [5.41, 5.74) is 9.70. The van der Waals surface area contributed by atoms with Crippen LogP contribution in [0.4, 0.5) is 17.3 Å². The Morgan fingerprint density at radius 1 is 0.698 bits per heavy atom. The molecule has 2 aromatic carbocycles. The van der Waals surface area contributed by atoms with Gasteiger partial charge in [-0.15, -0.1) is 0 Å². The standard InChI is InChI=1S/C19H17N3O4.C13H12ClNO2.C6H6N2O2/c1-3-26-19(25)14-10-21-15-7-6-11(2)9-13(15)16(14)22-17-12(18(23)24)5-4-8-20-17;1-3-17-13(16)10-7-15-11-5-4-8(2)6-9(11)12(10)14;7-5-4(6(9)10)2-1-3-8-5/h4-10H,3H2,1-2H3,(H,23,24)(H,20,21,22);4-7H,3H2,1-2H3;1-3H,(H2,7,8)(H,9,10). The normalized spacial score (nSPS) is 10.3. The monoisotopic (exact) mass is 738 g/mol. The van der Waals surface area contributed by atoms with Crippen LogP contribution in [0.2, 0.25) is 5.02 Å². The van der Waals surface area contributed by atoms with Crippen LogP contribution in [0.1, 0.15) is 66.4 Å². The molecule has 0 spiro atoms. The second kappa shape index (κ2) is 18.0. The first-order valence-electron chi connectivity index (χ1n) is 16.0. The highest BCUT2D eigenvalue weighted by atomic mass is 35.5. The predicted octanol–water partition coefficient (Wildman–Crippen LogP) is 7.29. The number of hydrogen-bond donors (Lipinski definition) is 4. The lowest BCUT2D eigenvalue weighted by Gasteiger charge is -2.15. The third-order valence-corrected chi connectivity index (χ3v) is 7.73. The molecule has 0 aliphatic heterocycles. The van der Waals surface area contributed by atoms with Crippen molar-refractivity contribution >= 4 is 74.6 Å². The zero-order valence-electron chi connectivity index (χ0n) is 29.1. The molecule has 0 radical (unpaired) electrons. The molecule has 0 atom stereocenters. The number of nitrogens with one attached hydrogen (secondary N) is 1. The number of aryl methyl sites for hydroxylation is 2. The van der Waals surface area contributed by atoms with E-state index in [1.807, 2.05) is 50.2 Å². The zero-order valence-corrected chi connectivity index (χ0v) is 29.8. The average Bonchev–Trinajstić information content (AvgIpc) is 3.13. The van der Waals surface area contributed by atoms with E-state index < -0.39 is 23.9 Å². The summed E-state index contributed by atoms with van der Waals surface area (Å²) in [6, 6.07) is 17.3. The van der Waals surface area contributed by atoms with Crippen LogP contribution in [0.15, 0.2) is 85.5 Å². The number of pyridine rings is 4.